The summed E-state index contributed by atoms with van der Waals surface area (Å²) in [6, 6.07) is 57.1. The Hall–Kier alpha value is -7.11. The van der Waals surface area contributed by atoms with Gasteiger partial charge in [0.2, 0.25) is 0 Å². The zero-order valence-corrected chi connectivity index (χ0v) is 50.1. The first kappa shape index (κ1) is 54.3. The predicted octanol–water partition coefficient (Wildman–Crippen LogP) is 20.6. The summed E-state index contributed by atoms with van der Waals surface area (Å²) in [5.41, 5.74) is 19.3. The summed E-state index contributed by atoms with van der Waals surface area (Å²) in [5.74, 6) is 3.20. The lowest BCUT2D eigenvalue weighted by atomic mass is 9.78. The fraction of sp³-hybridized carbons (Fsp3) is 0.356. The smallest absolute Gasteiger partial charge is 0.137 e. The van der Waals surface area contributed by atoms with Crippen LogP contribution in [-0.2, 0) is 27.1 Å². The van der Waals surface area contributed by atoms with Gasteiger partial charge in [0.1, 0.15) is 24.0 Å². The Morgan fingerprint density at radius 2 is 0.974 bits per heavy atom. The van der Waals surface area contributed by atoms with E-state index in [1.807, 2.05) is 6.20 Å². The summed E-state index contributed by atoms with van der Waals surface area (Å²) in [7, 11) is 0. The fourth-order valence-corrected chi connectivity index (χ4v) is 11.5. The molecule has 5 heteroatoms. The maximum absolute atomic E-state index is 7.23. The Balaban J connectivity index is 1.15. The van der Waals surface area contributed by atoms with Crippen molar-refractivity contribution < 1.29 is 4.74 Å². The zero-order chi connectivity index (χ0) is 56.0. The van der Waals surface area contributed by atoms with Crippen LogP contribution in [0.4, 0.5) is 22.7 Å². The normalized spacial score (nSPS) is 13.6. The van der Waals surface area contributed by atoms with E-state index in [1.54, 1.807) is 0 Å². The molecule has 0 radical (unpaired) electrons. The second kappa shape index (κ2) is 19.7. The topological polar surface area (TPSA) is 33.5 Å². The van der Waals surface area contributed by atoms with Crippen molar-refractivity contribution in [3.05, 3.63) is 202 Å². The van der Waals surface area contributed by atoms with E-state index >= 15 is 0 Å². The largest absolute Gasteiger partial charge is 0.457 e. The monoisotopic (exact) mass is 1030 g/mol. The molecular formula is C73H84N4O. The Labute approximate surface area is 467 Å². The van der Waals surface area contributed by atoms with E-state index in [9.17, 15) is 0 Å². The van der Waals surface area contributed by atoms with Crippen molar-refractivity contribution in [1.29, 1.82) is 0 Å². The molecule has 0 fully saturated rings. The third-order valence-corrected chi connectivity index (χ3v) is 16.6. The minimum absolute atomic E-state index is 0.0320. The van der Waals surface area contributed by atoms with Crippen LogP contribution in [0.1, 0.15) is 181 Å². The van der Waals surface area contributed by atoms with Crippen LogP contribution < -0.4 is 14.5 Å². The van der Waals surface area contributed by atoms with Crippen LogP contribution in [0, 0.1) is 0 Å². The lowest BCUT2D eigenvalue weighted by molar-refractivity contribution is 0.479. The Kier molecular flexibility index (Phi) is 13.7. The molecule has 10 rings (SSSR count). The summed E-state index contributed by atoms with van der Waals surface area (Å²) in [4.78, 5) is 10.2. The van der Waals surface area contributed by atoms with Crippen LogP contribution in [-0.4, -0.2) is 16.2 Å². The Morgan fingerprint density at radius 1 is 0.423 bits per heavy atom. The van der Waals surface area contributed by atoms with Gasteiger partial charge in [-0.3, -0.25) is 4.57 Å². The highest BCUT2D eigenvalue weighted by Crippen LogP contribution is 2.50. The summed E-state index contributed by atoms with van der Waals surface area (Å²) in [5, 5.41) is 2.34. The molecule has 0 saturated heterocycles. The lowest BCUT2D eigenvalue weighted by Gasteiger charge is -2.29. The van der Waals surface area contributed by atoms with Crippen LogP contribution in [0.2, 0.25) is 0 Å². The fourth-order valence-electron chi connectivity index (χ4n) is 11.5. The highest BCUT2D eigenvalue weighted by Gasteiger charge is 2.33. The second-order valence-corrected chi connectivity index (χ2v) is 27.5. The van der Waals surface area contributed by atoms with Crippen molar-refractivity contribution in [1.82, 2.24) is 9.55 Å². The van der Waals surface area contributed by atoms with E-state index in [2.05, 4.69) is 291 Å². The maximum atomic E-state index is 7.23. The van der Waals surface area contributed by atoms with Crippen LogP contribution in [0.3, 0.4) is 0 Å². The number of hydrogen-bond acceptors (Lipinski definition) is 4. The van der Waals surface area contributed by atoms with Gasteiger partial charge in [-0.1, -0.05) is 197 Å². The first-order valence-corrected chi connectivity index (χ1v) is 28.5. The standard InChI is InChI=1S/C73H84N4O/c1-46(2)59-25-22-26-60(47(3)4)68(59)48-27-32-63-66(35-48)76(45-75(63)55-37-52(70(8,9)10)36-53(38-55)71(11,12)13)56-39-54(72(14,15)16)40-58(43-56)78-57-29-31-62-61-30-28-51(73(17,18)49-23-20-19-21-24-49)41-64(61)77(65(62)44-57)67-42-50(33-34-74-67)69(5,6)7/h19-44,46-47H,45H2,1-18H3. The summed E-state index contributed by atoms with van der Waals surface area (Å²) in [6.07, 6.45) is 1.96. The van der Waals surface area contributed by atoms with Crippen molar-refractivity contribution in [3.63, 3.8) is 0 Å². The second-order valence-electron chi connectivity index (χ2n) is 27.5. The van der Waals surface area contributed by atoms with Crippen molar-refractivity contribution in [3.8, 4) is 28.4 Å². The van der Waals surface area contributed by atoms with Gasteiger partial charge < -0.3 is 14.5 Å². The van der Waals surface area contributed by atoms with Gasteiger partial charge in [0, 0.05) is 45.9 Å². The van der Waals surface area contributed by atoms with E-state index in [-0.39, 0.29) is 27.1 Å². The van der Waals surface area contributed by atoms with Crippen LogP contribution in [0.15, 0.2) is 158 Å². The number of benzene rings is 7. The van der Waals surface area contributed by atoms with Crippen molar-refractivity contribution in [2.24, 2.45) is 0 Å². The molecule has 0 N–H and O–H groups in total. The van der Waals surface area contributed by atoms with E-state index in [0.717, 1.165) is 39.4 Å². The summed E-state index contributed by atoms with van der Waals surface area (Å²) >= 11 is 0. The lowest BCUT2D eigenvalue weighted by Crippen LogP contribution is -2.26. The minimum atomic E-state index is -0.225. The van der Waals surface area contributed by atoms with Gasteiger partial charge in [-0.05, 0) is 156 Å². The van der Waals surface area contributed by atoms with Crippen molar-refractivity contribution in [2.45, 2.75) is 164 Å². The molecule has 1 aliphatic rings. The highest BCUT2D eigenvalue weighted by molar-refractivity contribution is 6.10. The number of nitrogens with zero attached hydrogens (tertiary/aromatic N) is 4. The minimum Gasteiger partial charge on any atom is -0.457 e. The molecule has 0 amide bonds. The van der Waals surface area contributed by atoms with E-state index in [0.29, 0.717) is 18.5 Å². The van der Waals surface area contributed by atoms with Gasteiger partial charge in [-0.25, -0.2) is 4.98 Å². The third kappa shape index (κ3) is 10.3. The van der Waals surface area contributed by atoms with Gasteiger partial charge >= 0.3 is 0 Å². The molecule has 0 atom stereocenters. The first-order valence-electron chi connectivity index (χ1n) is 28.5. The summed E-state index contributed by atoms with van der Waals surface area (Å²) < 4.78 is 9.58. The van der Waals surface area contributed by atoms with Gasteiger partial charge in [0.15, 0.2) is 0 Å². The molecule has 0 bridgehead atoms. The van der Waals surface area contributed by atoms with Crippen LogP contribution in [0.5, 0.6) is 11.5 Å². The average molecular weight is 1030 g/mol. The molecule has 9 aromatic rings. The molecule has 402 valence electrons. The van der Waals surface area contributed by atoms with Gasteiger partial charge in [0.05, 0.1) is 22.4 Å². The molecule has 7 aromatic carbocycles. The molecule has 5 nitrogen and oxygen atoms in total. The molecule has 0 saturated carbocycles. The molecular weight excluding hydrogens is 949 g/mol. The molecule has 3 heterocycles. The van der Waals surface area contributed by atoms with E-state index in [1.165, 1.54) is 78.1 Å². The molecule has 2 aromatic heterocycles. The molecule has 78 heavy (non-hydrogen) atoms. The van der Waals surface area contributed by atoms with Crippen LogP contribution >= 0.6 is 0 Å². The maximum Gasteiger partial charge on any atom is 0.137 e. The van der Waals surface area contributed by atoms with E-state index < -0.39 is 0 Å². The number of rotatable bonds is 10. The predicted molar refractivity (Wildman–Crippen MR) is 334 cm³/mol. The van der Waals surface area contributed by atoms with Gasteiger partial charge in [0.25, 0.3) is 0 Å². The SMILES string of the molecule is CC(C)c1cccc(C(C)C)c1-c1ccc2c(c1)N(c1cc(Oc3ccc4c5ccc(C(C)(C)c6ccccc6)cc5n(-c5cc(C(C)(C)C)ccn5)c4c3)cc(C(C)(C)C)c1)CN2c1cc(C(C)(C)C)cc(C(C)(C)C)c1. The van der Waals surface area contributed by atoms with Crippen LogP contribution in [0.25, 0.3) is 38.8 Å². The van der Waals surface area contributed by atoms with Crippen molar-refractivity contribution in [2.75, 3.05) is 16.5 Å². The number of pyridine rings is 1. The first-order chi connectivity index (χ1) is 36.6. The summed E-state index contributed by atoms with van der Waals surface area (Å²) in [6.45, 7) is 42.2. The average Bonchev–Trinajstić information content (AvgIpc) is 4.13. The Morgan fingerprint density at radius 3 is 1.56 bits per heavy atom. The highest BCUT2D eigenvalue weighted by atomic mass is 16.5. The number of ether oxygens (including phenoxy) is 1. The van der Waals surface area contributed by atoms with Gasteiger partial charge in [-0.2, -0.15) is 0 Å². The zero-order valence-electron chi connectivity index (χ0n) is 50.1. The number of aromatic nitrogens is 2. The van der Waals surface area contributed by atoms with Crippen molar-refractivity contribution >= 4 is 44.6 Å². The molecule has 0 spiro atoms. The third-order valence-electron chi connectivity index (χ3n) is 16.6. The quantitative estimate of drug-likeness (QED) is 0.137. The van der Waals surface area contributed by atoms with E-state index in [4.69, 9.17) is 9.72 Å². The number of anilines is 4. The molecule has 0 aliphatic carbocycles. The number of hydrogen-bond donors (Lipinski definition) is 0. The molecule has 0 unspecified atom stereocenters. The number of fused-ring (bicyclic) bond motifs is 4. The van der Waals surface area contributed by atoms with Gasteiger partial charge in [-0.15, -0.1) is 0 Å². The Bertz CT molecular complexity index is 3650. The molecule has 1 aliphatic heterocycles.